The summed E-state index contributed by atoms with van der Waals surface area (Å²) >= 11 is 0. The molecule has 2 aromatic rings. The first-order valence-corrected chi connectivity index (χ1v) is 12.1. The summed E-state index contributed by atoms with van der Waals surface area (Å²) in [7, 11) is 1.66. The van der Waals surface area contributed by atoms with E-state index >= 15 is 0 Å². The highest BCUT2D eigenvalue weighted by Gasteiger charge is 2.37. The van der Waals surface area contributed by atoms with Gasteiger partial charge in [0.15, 0.2) is 0 Å². The lowest BCUT2D eigenvalue weighted by molar-refractivity contribution is 0.0132. The lowest BCUT2D eigenvalue weighted by Crippen LogP contribution is -2.36. The molecule has 1 heterocycles. The normalized spacial score (nSPS) is 15.6. The van der Waals surface area contributed by atoms with Gasteiger partial charge in [-0.1, -0.05) is 70.0 Å². The Bertz CT molecular complexity index is 929. The van der Waals surface area contributed by atoms with E-state index in [1.54, 1.807) is 31.4 Å². The molecular formula is C28H37NO4. The molecule has 2 amide bonds. The fourth-order valence-electron chi connectivity index (χ4n) is 5.09. The maximum Gasteiger partial charge on any atom is 0.261 e. The third kappa shape index (κ3) is 5.71. The van der Waals surface area contributed by atoms with Crippen molar-refractivity contribution in [2.24, 2.45) is 5.92 Å². The molecule has 0 saturated heterocycles. The number of aryl methyl sites for hydroxylation is 1. The Labute approximate surface area is 197 Å². The maximum absolute atomic E-state index is 12.8. The molecule has 5 heteroatoms. The minimum absolute atomic E-state index is 0.0791. The van der Waals surface area contributed by atoms with Gasteiger partial charge in [-0.3, -0.25) is 14.5 Å². The zero-order chi connectivity index (χ0) is 24.0. The van der Waals surface area contributed by atoms with Crippen LogP contribution in [0.2, 0.25) is 0 Å². The van der Waals surface area contributed by atoms with Crippen LogP contribution in [0.4, 0.5) is 0 Å². The number of hydrogen-bond donors (Lipinski definition) is 1. The van der Waals surface area contributed by atoms with Crippen molar-refractivity contribution < 1.29 is 19.4 Å². The van der Waals surface area contributed by atoms with Gasteiger partial charge in [-0.05, 0) is 48.9 Å². The van der Waals surface area contributed by atoms with Gasteiger partial charge in [-0.15, -0.1) is 0 Å². The molecule has 0 spiro atoms. The molecule has 1 aliphatic heterocycles. The zero-order valence-electron chi connectivity index (χ0n) is 20.3. The smallest absolute Gasteiger partial charge is 0.261 e. The summed E-state index contributed by atoms with van der Waals surface area (Å²) in [5.74, 6) is -0.557. The fourth-order valence-corrected chi connectivity index (χ4v) is 5.09. The average molecular weight is 452 g/mol. The van der Waals surface area contributed by atoms with Gasteiger partial charge in [-0.25, -0.2) is 0 Å². The number of methoxy groups -OCH3 is 1. The number of benzene rings is 2. The predicted octanol–water partition coefficient (Wildman–Crippen LogP) is 5.57. The number of amides is 2. The Kier molecular flexibility index (Phi) is 8.44. The van der Waals surface area contributed by atoms with Crippen molar-refractivity contribution in [2.45, 2.75) is 71.0 Å². The minimum atomic E-state index is -0.612. The Hall–Kier alpha value is -2.50. The molecule has 0 unspecified atom stereocenters. The van der Waals surface area contributed by atoms with E-state index in [-0.39, 0.29) is 23.8 Å². The third-order valence-electron chi connectivity index (χ3n) is 6.71. The summed E-state index contributed by atoms with van der Waals surface area (Å²) in [6.07, 6.45) is 4.86. The van der Waals surface area contributed by atoms with Crippen molar-refractivity contribution in [3.05, 3.63) is 70.8 Å². The molecule has 0 bridgehead atoms. The monoisotopic (exact) mass is 451 g/mol. The molecule has 2 aromatic carbocycles. The molecule has 3 rings (SSSR count). The second-order valence-corrected chi connectivity index (χ2v) is 9.37. The number of imide groups is 1. The summed E-state index contributed by atoms with van der Waals surface area (Å²) < 4.78 is 5.83. The van der Waals surface area contributed by atoms with Crippen LogP contribution in [0.15, 0.2) is 48.5 Å². The summed E-state index contributed by atoms with van der Waals surface area (Å²) in [5.41, 5.74) is 2.51. The van der Waals surface area contributed by atoms with Crippen LogP contribution in [-0.2, 0) is 11.2 Å². The van der Waals surface area contributed by atoms with Crippen LogP contribution in [0.1, 0.15) is 90.8 Å². The zero-order valence-corrected chi connectivity index (χ0v) is 20.3. The number of nitrogens with zero attached hydrogens (tertiary/aromatic N) is 1. The summed E-state index contributed by atoms with van der Waals surface area (Å²) in [6, 6.07) is 15.2. The van der Waals surface area contributed by atoms with Gasteiger partial charge in [0.05, 0.1) is 22.8 Å². The number of carbonyl (C=O) groups excluding carboxylic acids is 2. The quantitative estimate of drug-likeness (QED) is 0.428. The van der Waals surface area contributed by atoms with Gasteiger partial charge < -0.3 is 9.84 Å². The fraction of sp³-hybridized carbons (Fsp3) is 0.500. The first-order chi connectivity index (χ1) is 15.8. The van der Waals surface area contributed by atoms with Crippen LogP contribution in [-0.4, -0.2) is 41.1 Å². The Balaban J connectivity index is 1.70. The van der Waals surface area contributed by atoms with E-state index in [4.69, 9.17) is 4.74 Å². The van der Waals surface area contributed by atoms with Crippen molar-refractivity contribution in [2.75, 3.05) is 13.7 Å². The van der Waals surface area contributed by atoms with Crippen LogP contribution in [0.5, 0.6) is 0 Å². The number of hydrogen-bond acceptors (Lipinski definition) is 4. The second kappa shape index (κ2) is 11.1. The van der Waals surface area contributed by atoms with Gasteiger partial charge in [0, 0.05) is 19.6 Å². The van der Waals surface area contributed by atoms with Crippen molar-refractivity contribution in [3.8, 4) is 0 Å². The van der Waals surface area contributed by atoms with E-state index in [0.717, 1.165) is 49.7 Å². The van der Waals surface area contributed by atoms with Crippen molar-refractivity contribution in [3.63, 3.8) is 0 Å². The van der Waals surface area contributed by atoms with Crippen LogP contribution in [0, 0.1) is 5.92 Å². The summed E-state index contributed by atoms with van der Waals surface area (Å²) in [4.78, 5) is 26.9. The van der Waals surface area contributed by atoms with Gasteiger partial charge in [-0.2, -0.15) is 0 Å². The molecule has 33 heavy (non-hydrogen) atoms. The van der Waals surface area contributed by atoms with Crippen molar-refractivity contribution >= 4 is 11.8 Å². The molecule has 178 valence electrons. The van der Waals surface area contributed by atoms with Crippen molar-refractivity contribution in [1.29, 1.82) is 0 Å². The second-order valence-electron chi connectivity index (χ2n) is 9.37. The molecule has 1 N–H and O–H groups in total. The van der Waals surface area contributed by atoms with Gasteiger partial charge in [0.1, 0.15) is 0 Å². The number of ether oxygens (including phenoxy) is 1. The first kappa shape index (κ1) is 25.1. The Morgan fingerprint density at radius 1 is 0.939 bits per heavy atom. The van der Waals surface area contributed by atoms with Crippen LogP contribution in [0.25, 0.3) is 0 Å². The first-order valence-electron chi connectivity index (χ1n) is 12.1. The average Bonchev–Trinajstić information content (AvgIpc) is 3.04. The highest BCUT2D eigenvalue weighted by Crippen LogP contribution is 2.31. The van der Waals surface area contributed by atoms with E-state index in [1.165, 1.54) is 4.90 Å². The van der Waals surface area contributed by atoms with E-state index in [1.807, 2.05) is 19.1 Å². The van der Waals surface area contributed by atoms with E-state index in [0.29, 0.717) is 17.7 Å². The molecule has 0 aliphatic carbocycles. The van der Waals surface area contributed by atoms with Gasteiger partial charge in [0.25, 0.3) is 11.8 Å². The molecular weight excluding hydrogens is 414 g/mol. The van der Waals surface area contributed by atoms with E-state index < -0.39 is 5.60 Å². The summed E-state index contributed by atoms with van der Waals surface area (Å²) in [5, 5.41) is 11.0. The van der Waals surface area contributed by atoms with Crippen molar-refractivity contribution in [1.82, 2.24) is 4.90 Å². The lowest BCUT2D eigenvalue weighted by atomic mass is 9.86. The number of carbonyl (C=O) groups is 2. The summed E-state index contributed by atoms with van der Waals surface area (Å²) in [6.45, 7) is 6.52. The SMILES string of the molecule is CCCC(O)(CCC)CCc1cccc([C@@H](OC)[C@@H](C)CN2C(=O)c3ccccc3C2=O)c1. The number of fused-ring (bicyclic) bond motifs is 1. The third-order valence-corrected chi connectivity index (χ3v) is 6.71. The molecule has 0 aromatic heterocycles. The molecule has 0 fully saturated rings. The number of aliphatic hydroxyl groups is 1. The standard InChI is InChI=1S/C28H37NO4/c1-5-15-28(32,16-6-2)17-14-21-10-9-11-22(18-21)25(33-4)20(3)19-29-26(30)23-12-7-8-13-24(23)27(29)31/h7-13,18,20,25,32H,5-6,14-17,19H2,1-4H3/t20-,25-/m0/s1. The molecule has 0 saturated carbocycles. The predicted molar refractivity (Wildman–Crippen MR) is 130 cm³/mol. The Morgan fingerprint density at radius 3 is 2.09 bits per heavy atom. The van der Waals surface area contributed by atoms with Gasteiger partial charge in [0.2, 0.25) is 0 Å². The van der Waals surface area contributed by atoms with E-state index in [2.05, 4.69) is 26.0 Å². The minimum Gasteiger partial charge on any atom is -0.390 e. The lowest BCUT2D eigenvalue weighted by Gasteiger charge is -2.28. The molecule has 5 nitrogen and oxygen atoms in total. The molecule has 0 radical (unpaired) electrons. The van der Waals surface area contributed by atoms with E-state index in [9.17, 15) is 14.7 Å². The highest BCUT2D eigenvalue weighted by molar-refractivity contribution is 6.21. The maximum atomic E-state index is 12.8. The van der Waals surface area contributed by atoms with Crippen LogP contribution in [0.3, 0.4) is 0 Å². The molecule has 2 atom stereocenters. The topological polar surface area (TPSA) is 66.8 Å². The highest BCUT2D eigenvalue weighted by atomic mass is 16.5. The number of rotatable bonds is 12. The van der Waals surface area contributed by atoms with Crippen LogP contribution < -0.4 is 0 Å². The van der Waals surface area contributed by atoms with Crippen LogP contribution >= 0.6 is 0 Å². The molecule has 1 aliphatic rings. The Morgan fingerprint density at radius 2 is 1.55 bits per heavy atom. The largest absolute Gasteiger partial charge is 0.390 e. The van der Waals surface area contributed by atoms with Gasteiger partial charge >= 0.3 is 0 Å².